The molecular weight excluding hydrogens is 928 g/mol. The molecule has 0 amide bonds. The highest BCUT2D eigenvalue weighted by molar-refractivity contribution is 7.47. The Morgan fingerprint density at radius 2 is 0.722 bits per heavy atom. The van der Waals surface area contributed by atoms with Crippen LogP contribution in [0, 0.1) is 0 Å². The van der Waals surface area contributed by atoms with Gasteiger partial charge in [0.05, 0.1) is 19.8 Å². The third-order valence-corrected chi connectivity index (χ3v) is 13.1. The minimum absolute atomic E-state index is 0.128. The van der Waals surface area contributed by atoms with Crippen LogP contribution < -0.4 is 0 Å². The van der Waals surface area contributed by atoms with Crippen LogP contribution >= 0.6 is 7.82 Å². The van der Waals surface area contributed by atoms with Crippen LogP contribution in [-0.4, -0.2) is 66.5 Å². The van der Waals surface area contributed by atoms with E-state index in [1.54, 1.807) is 0 Å². The van der Waals surface area contributed by atoms with E-state index >= 15 is 0 Å². The molecule has 2 N–H and O–H groups in total. The van der Waals surface area contributed by atoms with Crippen molar-refractivity contribution in [3.05, 3.63) is 72.9 Å². The van der Waals surface area contributed by atoms with Gasteiger partial charge in [0.25, 0.3) is 0 Å². The third kappa shape index (κ3) is 51.8. The second-order valence-electron chi connectivity index (χ2n) is 19.1. The molecule has 0 bridgehead atoms. The van der Waals surface area contributed by atoms with Crippen LogP contribution in [0.2, 0.25) is 0 Å². The van der Waals surface area contributed by atoms with Gasteiger partial charge in [-0.1, -0.05) is 216 Å². The molecule has 0 spiro atoms. The highest BCUT2D eigenvalue weighted by Crippen LogP contribution is 2.43. The number of esters is 3. The van der Waals surface area contributed by atoms with Crippen LogP contribution in [0.15, 0.2) is 72.9 Å². The molecular formula is C60H105O11P. The maximum atomic E-state index is 12.9. The predicted octanol–water partition coefficient (Wildman–Crippen LogP) is 16.9. The fourth-order valence-electron chi connectivity index (χ4n) is 7.73. The first-order valence-corrected chi connectivity index (χ1v) is 30.3. The summed E-state index contributed by atoms with van der Waals surface area (Å²) in [4.78, 5) is 48.5. The molecule has 416 valence electrons. The van der Waals surface area contributed by atoms with Gasteiger partial charge in [-0.25, -0.2) is 4.57 Å². The first-order chi connectivity index (χ1) is 35.2. The zero-order valence-corrected chi connectivity index (χ0v) is 46.8. The summed E-state index contributed by atoms with van der Waals surface area (Å²) < 4.78 is 39.5. The minimum Gasteiger partial charge on any atom is -0.462 e. The zero-order valence-electron chi connectivity index (χ0n) is 45.9. The molecule has 0 aromatic rings. The summed E-state index contributed by atoms with van der Waals surface area (Å²) in [7, 11) is -4.76. The number of carbonyl (C=O) groups excluding carboxylic acids is 3. The number of ether oxygens (including phenoxy) is 3. The Labute approximate surface area is 439 Å². The van der Waals surface area contributed by atoms with Crippen molar-refractivity contribution in [2.75, 3.05) is 26.4 Å². The fraction of sp³-hybridized carbons (Fsp3) is 0.750. The lowest BCUT2D eigenvalue weighted by Crippen LogP contribution is -2.30. The van der Waals surface area contributed by atoms with Crippen molar-refractivity contribution in [3.63, 3.8) is 0 Å². The van der Waals surface area contributed by atoms with Gasteiger partial charge in [0, 0.05) is 19.3 Å². The van der Waals surface area contributed by atoms with Crippen LogP contribution in [0.5, 0.6) is 0 Å². The van der Waals surface area contributed by atoms with E-state index in [1.807, 2.05) is 0 Å². The highest BCUT2D eigenvalue weighted by Gasteiger charge is 2.28. The monoisotopic (exact) mass is 1030 g/mol. The van der Waals surface area contributed by atoms with E-state index in [0.29, 0.717) is 19.3 Å². The number of phosphoric acid groups is 1. The van der Waals surface area contributed by atoms with Crippen molar-refractivity contribution in [2.45, 2.75) is 264 Å². The molecule has 0 heterocycles. The summed E-state index contributed by atoms with van der Waals surface area (Å²) in [5, 5.41) is 9.81. The standard InChI is InChI=1S/C60H105O11P/c1-4-7-10-13-16-19-22-24-26-27-28-29-31-33-36-39-42-45-48-51-60(64)71-57(53-67-58(62)49-46-43-40-37-34-21-18-15-12-9-6-3)55-69-72(65,66)68-54-56(52-61)70-59(63)50-47-44-41-38-35-32-30-25-23-20-17-14-11-8-5-2/h7,10,16,19,24-26,28-30,33,36,56-57,61H,4-6,8-9,11-15,17-18,20-23,27,31-32,34-35,37-55H2,1-3H3,(H,65,66)/b10-7-,19-16-,26-24-,29-28-,30-25-,36-33-. The van der Waals surface area contributed by atoms with E-state index in [0.717, 1.165) is 109 Å². The van der Waals surface area contributed by atoms with Crippen LogP contribution in [0.3, 0.4) is 0 Å². The number of hydrogen-bond acceptors (Lipinski definition) is 10. The first-order valence-electron chi connectivity index (χ1n) is 28.8. The lowest BCUT2D eigenvalue weighted by Gasteiger charge is -2.21. The molecule has 0 aliphatic carbocycles. The molecule has 0 aliphatic rings. The summed E-state index contributed by atoms with van der Waals surface area (Å²) in [6, 6.07) is 0. The minimum atomic E-state index is -4.76. The predicted molar refractivity (Wildman–Crippen MR) is 298 cm³/mol. The molecule has 0 saturated carbocycles. The molecule has 0 fully saturated rings. The number of hydrogen-bond donors (Lipinski definition) is 2. The molecule has 0 aromatic heterocycles. The maximum Gasteiger partial charge on any atom is 0.472 e. The molecule has 0 radical (unpaired) electrons. The van der Waals surface area contributed by atoms with Crippen molar-refractivity contribution >= 4 is 25.7 Å². The van der Waals surface area contributed by atoms with Gasteiger partial charge in [-0.15, -0.1) is 0 Å². The Hall–Kier alpha value is -3.08. The lowest BCUT2D eigenvalue weighted by atomic mass is 10.1. The average molecular weight is 1030 g/mol. The number of phosphoric ester groups is 1. The largest absolute Gasteiger partial charge is 0.472 e. The average Bonchev–Trinajstić information content (AvgIpc) is 3.37. The smallest absolute Gasteiger partial charge is 0.462 e. The van der Waals surface area contributed by atoms with E-state index in [2.05, 4.69) is 93.7 Å². The number of carbonyl (C=O) groups is 3. The number of allylic oxidation sites excluding steroid dienone is 12. The topological polar surface area (TPSA) is 155 Å². The Kier molecular flexibility index (Phi) is 51.9. The molecule has 3 atom stereocenters. The van der Waals surface area contributed by atoms with Crippen LogP contribution in [0.1, 0.15) is 252 Å². The molecule has 72 heavy (non-hydrogen) atoms. The van der Waals surface area contributed by atoms with E-state index < -0.39 is 57.8 Å². The fourth-order valence-corrected chi connectivity index (χ4v) is 8.51. The van der Waals surface area contributed by atoms with Gasteiger partial charge >= 0.3 is 25.7 Å². The summed E-state index contributed by atoms with van der Waals surface area (Å²) >= 11 is 0. The van der Waals surface area contributed by atoms with E-state index in [4.69, 9.17) is 23.3 Å². The molecule has 11 nitrogen and oxygen atoms in total. The molecule has 0 saturated heterocycles. The number of unbranched alkanes of at least 4 members (excludes halogenated alkanes) is 24. The van der Waals surface area contributed by atoms with E-state index in [1.165, 1.54) is 83.5 Å². The third-order valence-electron chi connectivity index (χ3n) is 12.1. The Morgan fingerprint density at radius 3 is 1.14 bits per heavy atom. The van der Waals surface area contributed by atoms with E-state index in [9.17, 15) is 28.9 Å². The van der Waals surface area contributed by atoms with Crippen molar-refractivity contribution in [3.8, 4) is 0 Å². The van der Waals surface area contributed by atoms with Crippen LogP contribution in [0.4, 0.5) is 0 Å². The molecule has 12 heteroatoms. The van der Waals surface area contributed by atoms with Crippen molar-refractivity contribution in [2.24, 2.45) is 0 Å². The molecule has 0 rings (SSSR count). The summed E-state index contributed by atoms with van der Waals surface area (Å²) in [5.74, 6) is -1.51. The second kappa shape index (κ2) is 54.2. The molecule has 0 aliphatic heterocycles. The van der Waals surface area contributed by atoms with Gasteiger partial charge in [-0.3, -0.25) is 23.4 Å². The van der Waals surface area contributed by atoms with Gasteiger partial charge in [-0.05, 0) is 89.9 Å². The Balaban J connectivity index is 4.75. The first kappa shape index (κ1) is 68.9. The van der Waals surface area contributed by atoms with Gasteiger partial charge in [0.2, 0.25) is 0 Å². The SMILES string of the molecule is CC/C=C\C/C=C\C/C=C\C/C=C\C/C=C\CCCCCC(=O)OC(COC(=O)CCCCCCCCCCCCC)COP(=O)(O)OCC(CO)OC(=O)CCCCCCC/C=C\CCCCCCCC. The van der Waals surface area contributed by atoms with Crippen molar-refractivity contribution in [1.82, 2.24) is 0 Å². The number of aliphatic hydroxyl groups excluding tert-OH is 1. The summed E-state index contributed by atoms with van der Waals surface area (Å²) in [5.41, 5.74) is 0. The van der Waals surface area contributed by atoms with Gasteiger partial charge in [0.1, 0.15) is 12.7 Å². The number of rotatable bonds is 53. The molecule has 0 aromatic carbocycles. The normalized spacial score (nSPS) is 13.9. The van der Waals surface area contributed by atoms with Crippen LogP contribution in [-0.2, 0) is 42.2 Å². The highest BCUT2D eigenvalue weighted by atomic mass is 31.2. The maximum absolute atomic E-state index is 12.9. The van der Waals surface area contributed by atoms with E-state index in [-0.39, 0.29) is 25.9 Å². The van der Waals surface area contributed by atoms with Gasteiger partial charge < -0.3 is 24.2 Å². The Morgan fingerprint density at radius 1 is 0.403 bits per heavy atom. The Bertz CT molecular complexity index is 1490. The second-order valence-corrected chi connectivity index (χ2v) is 20.5. The van der Waals surface area contributed by atoms with Crippen molar-refractivity contribution < 1.29 is 52.2 Å². The summed E-state index contributed by atoms with van der Waals surface area (Å²) in [6.45, 7) is 4.48. The van der Waals surface area contributed by atoms with Gasteiger partial charge in [-0.2, -0.15) is 0 Å². The van der Waals surface area contributed by atoms with Crippen molar-refractivity contribution in [1.29, 1.82) is 0 Å². The van der Waals surface area contributed by atoms with Crippen LogP contribution in [0.25, 0.3) is 0 Å². The summed E-state index contributed by atoms with van der Waals surface area (Å²) in [6.07, 6.45) is 60.0. The lowest BCUT2D eigenvalue weighted by molar-refractivity contribution is -0.161. The number of aliphatic hydroxyl groups is 1. The van der Waals surface area contributed by atoms with Gasteiger partial charge in [0.15, 0.2) is 6.10 Å². The zero-order chi connectivity index (χ0) is 52.7. The molecule has 3 unspecified atom stereocenters. The quantitative estimate of drug-likeness (QED) is 0.0197.